The fraction of sp³-hybridized carbons (Fsp3) is 0. The van der Waals surface area contributed by atoms with E-state index in [9.17, 15) is 9.90 Å². The van der Waals surface area contributed by atoms with Gasteiger partial charge >= 0.3 is 18.0 Å². The lowest BCUT2D eigenvalue weighted by molar-refractivity contribution is 0.0697. The molecule has 4 aromatic rings. The van der Waals surface area contributed by atoms with Crippen LogP contribution in [0.1, 0.15) is 10.4 Å². The fourth-order valence-electron chi connectivity index (χ4n) is 2.63. The summed E-state index contributed by atoms with van der Waals surface area (Å²) in [7, 11) is 0. The van der Waals surface area contributed by atoms with E-state index >= 15 is 0 Å². The van der Waals surface area contributed by atoms with Crippen LogP contribution in [-0.2, 0) is 0 Å². The molecule has 0 saturated carbocycles. The quantitative estimate of drug-likeness (QED) is 0.376. The van der Waals surface area contributed by atoms with Crippen molar-refractivity contribution in [2.24, 2.45) is 0 Å². The summed E-state index contributed by atoms with van der Waals surface area (Å²) >= 11 is 0. The summed E-state index contributed by atoms with van der Waals surface area (Å²) < 4.78 is 11.4. The molecule has 0 amide bonds. The van der Waals surface area contributed by atoms with Crippen LogP contribution in [0.2, 0.25) is 0 Å². The van der Waals surface area contributed by atoms with Crippen LogP contribution in [0.4, 0.5) is 17.3 Å². The van der Waals surface area contributed by atoms with E-state index in [0.29, 0.717) is 22.9 Å². The molecule has 0 unspecified atom stereocenters. The van der Waals surface area contributed by atoms with E-state index in [1.165, 1.54) is 12.1 Å². The van der Waals surface area contributed by atoms with Gasteiger partial charge in [0.2, 0.25) is 5.95 Å². The van der Waals surface area contributed by atoms with Gasteiger partial charge in [0.05, 0.1) is 12.1 Å². The minimum absolute atomic E-state index is 0.0177. The van der Waals surface area contributed by atoms with Gasteiger partial charge in [0, 0.05) is 5.69 Å². The maximum Gasteiger partial charge on any atom is 0.335 e. The Hall–Kier alpha value is -4.97. The topological polar surface area (TPSA) is 111 Å². The third kappa shape index (κ3) is 5.14. The summed E-state index contributed by atoms with van der Waals surface area (Å²) in [6.45, 7) is 7.04. The first-order valence-electron chi connectivity index (χ1n) is 9.34. The van der Waals surface area contributed by atoms with Gasteiger partial charge in [-0.2, -0.15) is 9.97 Å². The first-order valence-corrected chi connectivity index (χ1v) is 9.34. The van der Waals surface area contributed by atoms with E-state index < -0.39 is 5.97 Å². The number of nitrogens with zero attached hydrogens (tertiary/aromatic N) is 4. The summed E-state index contributed by atoms with van der Waals surface area (Å²) in [5.41, 5.74) is 1.05. The van der Waals surface area contributed by atoms with Crippen molar-refractivity contribution < 1.29 is 19.4 Å². The Labute approximate surface area is 182 Å². The molecular weight excluding hydrogens is 410 g/mol. The minimum atomic E-state index is -1.05. The zero-order valence-corrected chi connectivity index (χ0v) is 16.5. The number of carboxylic acids is 1. The second-order valence-electron chi connectivity index (χ2n) is 6.36. The third-order valence-corrected chi connectivity index (χ3v) is 4.09. The summed E-state index contributed by atoms with van der Waals surface area (Å²) in [6, 6.07) is 21.6. The number of carbonyl (C=O) groups is 1. The predicted molar refractivity (Wildman–Crippen MR) is 116 cm³/mol. The van der Waals surface area contributed by atoms with Crippen molar-refractivity contribution in [2.75, 3.05) is 5.32 Å². The highest BCUT2D eigenvalue weighted by atomic mass is 16.5. The van der Waals surface area contributed by atoms with Crippen LogP contribution in [0, 0.1) is 6.57 Å². The Morgan fingerprint density at radius 3 is 2.12 bits per heavy atom. The van der Waals surface area contributed by atoms with E-state index in [1.807, 2.05) is 18.2 Å². The van der Waals surface area contributed by atoms with Crippen molar-refractivity contribution in [1.82, 2.24) is 15.0 Å². The van der Waals surface area contributed by atoms with Crippen LogP contribution in [0.15, 0.2) is 78.9 Å². The molecule has 0 bridgehead atoms. The summed E-state index contributed by atoms with van der Waals surface area (Å²) in [5, 5.41) is 12.1. The highest BCUT2D eigenvalue weighted by molar-refractivity contribution is 5.89. The van der Waals surface area contributed by atoms with E-state index in [-0.39, 0.29) is 23.5 Å². The Kier molecular flexibility index (Phi) is 5.86. The van der Waals surface area contributed by atoms with Crippen molar-refractivity contribution in [1.29, 1.82) is 0 Å². The molecule has 9 heteroatoms. The fourth-order valence-corrected chi connectivity index (χ4v) is 2.63. The molecule has 2 N–H and O–H groups in total. The van der Waals surface area contributed by atoms with Gasteiger partial charge in [0.15, 0.2) is 5.69 Å². The summed E-state index contributed by atoms with van der Waals surface area (Å²) in [4.78, 5) is 27.3. The van der Waals surface area contributed by atoms with Crippen molar-refractivity contribution >= 4 is 23.3 Å². The molecule has 0 atom stereocenters. The van der Waals surface area contributed by atoms with Gasteiger partial charge in [-0.15, -0.1) is 4.98 Å². The van der Waals surface area contributed by atoms with Gasteiger partial charge < -0.3 is 19.9 Å². The van der Waals surface area contributed by atoms with Crippen LogP contribution >= 0.6 is 0 Å². The zero-order valence-electron chi connectivity index (χ0n) is 16.5. The van der Waals surface area contributed by atoms with Gasteiger partial charge in [0.1, 0.15) is 11.5 Å². The predicted octanol–water partition coefficient (Wildman–Crippen LogP) is 5.45. The molecule has 1 heterocycles. The highest BCUT2D eigenvalue weighted by Crippen LogP contribution is 2.26. The van der Waals surface area contributed by atoms with E-state index in [2.05, 4.69) is 25.1 Å². The lowest BCUT2D eigenvalue weighted by Crippen LogP contribution is -2.04. The number of anilines is 2. The monoisotopic (exact) mass is 425 g/mol. The second-order valence-corrected chi connectivity index (χ2v) is 6.36. The number of para-hydroxylation sites is 1. The SMILES string of the molecule is [C-]#[N+]c1ccc(Oc2nc(Nc3cccc(C(=O)O)c3)nc(Oc3ccccc3)n2)cc1. The first kappa shape index (κ1) is 20.3. The number of aromatic carboxylic acids is 1. The maximum absolute atomic E-state index is 11.2. The molecule has 0 aliphatic rings. The maximum atomic E-state index is 11.2. The Bertz CT molecular complexity index is 1290. The molecule has 0 spiro atoms. The molecule has 32 heavy (non-hydrogen) atoms. The molecule has 0 radical (unpaired) electrons. The number of hydrogen-bond acceptors (Lipinski definition) is 7. The van der Waals surface area contributed by atoms with Crippen molar-refractivity contribution in [3.8, 4) is 23.5 Å². The van der Waals surface area contributed by atoms with E-state index in [4.69, 9.17) is 16.0 Å². The number of rotatable bonds is 7. The summed E-state index contributed by atoms with van der Waals surface area (Å²) in [5.74, 6) is -0.0106. The molecular formula is C23H15N5O4. The Morgan fingerprint density at radius 2 is 1.50 bits per heavy atom. The van der Waals surface area contributed by atoms with Gasteiger partial charge in [0.25, 0.3) is 0 Å². The zero-order chi connectivity index (χ0) is 22.3. The number of hydrogen-bond donors (Lipinski definition) is 2. The van der Waals surface area contributed by atoms with Crippen LogP contribution in [0.25, 0.3) is 4.85 Å². The van der Waals surface area contributed by atoms with E-state index in [0.717, 1.165) is 0 Å². The van der Waals surface area contributed by atoms with Crippen LogP contribution in [0.3, 0.4) is 0 Å². The number of aromatic nitrogens is 3. The van der Waals surface area contributed by atoms with Crippen LogP contribution in [-0.4, -0.2) is 26.0 Å². The minimum Gasteiger partial charge on any atom is -0.478 e. The normalized spacial score (nSPS) is 10.1. The number of carboxylic acid groups (broad SMARTS) is 1. The number of nitrogens with one attached hydrogen (secondary N) is 1. The molecule has 0 aliphatic carbocycles. The Balaban J connectivity index is 1.65. The van der Waals surface area contributed by atoms with Crippen molar-refractivity contribution in [3.05, 3.63) is 95.8 Å². The average molecular weight is 425 g/mol. The largest absolute Gasteiger partial charge is 0.478 e. The van der Waals surface area contributed by atoms with Crippen LogP contribution in [0.5, 0.6) is 23.5 Å². The van der Waals surface area contributed by atoms with Gasteiger partial charge in [-0.1, -0.05) is 36.4 Å². The molecule has 0 aliphatic heterocycles. The lowest BCUT2D eigenvalue weighted by atomic mass is 10.2. The van der Waals surface area contributed by atoms with Gasteiger partial charge in [-0.05, 0) is 42.5 Å². The molecule has 0 saturated heterocycles. The molecule has 0 fully saturated rings. The average Bonchev–Trinajstić information content (AvgIpc) is 2.80. The highest BCUT2D eigenvalue weighted by Gasteiger charge is 2.12. The van der Waals surface area contributed by atoms with E-state index in [1.54, 1.807) is 48.5 Å². The van der Waals surface area contributed by atoms with Crippen molar-refractivity contribution in [2.45, 2.75) is 0 Å². The summed E-state index contributed by atoms with van der Waals surface area (Å²) in [6.07, 6.45) is 0. The third-order valence-electron chi connectivity index (χ3n) is 4.09. The first-order chi connectivity index (χ1) is 15.6. The van der Waals surface area contributed by atoms with Gasteiger partial charge in [-0.3, -0.25) is 0 Å². The molecule has 156 valence electrons. The number of ether oxygens (including phenoxy) is 2. The number of benzene rings is 3. The molecule has 4 rings (SSSR count). The van der Waals surface area contributed by atoms with Gasteiger partial charge in [-0.25, -0.2) is 9.64 Å². The van der Waals surface area contributed by atoms with Crippen molar-refractivity contribution in [3.63, 3.8) is 0 Å². The molecule has 1 aromatic heterocycles. The van der Waals surface area contributed by atoms with Crippen LogP contribution < -0.4 is 14.8 Å². The lowest BCUT2D eigenvalue weighted by Gasteiger charge is -2.10. The molecule has 3 aromatic carbocycles. The second kappa shape index (κ2) is 9.23. The smallest absolute Gasteiger partial charge is 0.335 e. The molecule has 9 nitrogen and oxygen atoms in total. The standard InChI is InChI=1S/C23H15N5O4/c1-24-16-10-12-19(13-11-16)32-23-27-21(25-17-7-5-6-15(14-17)20(29)30)26-22(28-23)31-18-8-3-2-4-9-18/h2-14H,(H,29,30)(H,25,26,27,28). The Morgan fingerprint density at radius 1 is 0.844 bits per heavy atom.